The highest BCUT2D eigenvalue weighted by Crippen LogP contribution is 2.25. The lowest BCUT2D eigenvalue weighted by molar-refractivity contribution is 0.0600. The van der Waals surface area contributed by atoms with Crippen molar-refractivity contribution in [1.82, 2.24) is 15.3 Å². The lowest BCUT2D eigenvalue weighted by atomic mass is 10.2. The Balaban J connectivity index is 2.11. The number of halogens is 1. The van der Waals surface area contributed by atoms with Gasteiger partial charge in [0.1, 0.15) is 5.69 Å². The van der Waals surface area contributed by atoms with Crippen LogP contribution in [0.3, 0.4) is 0 Å². The van der Waals surface area contributed by atoms with E-state index in [2.05, 4.69) is 27.5 Å². The molecule has 0 atom stereocenters. The van der Waals surface area contributed by atoms with Gasteiger partial charge in [-0.3, -0.25) is 4.79 Å². The van der Waals surface area contributed by atoms with Gasteiger partial charge in [-0.1, -0.05) is 31.4 Å². The third-order valence-corrected chi connectivity index (χ3v) is 3.92. The smallest absolute Gasteiger partial charge is 0.337 e. The van der Waals surface area contributed by atoms with Gasteiger partial charge in [-0.05, 0) is 30.7 Å². The maximum absolute atomic E-state index is 12.1. The molecule has 0 aliphatic heterocycles. The van der Waals surface area contributed by atoms with Crippen LogP contribution >= 0.6 is 11.6 Å². The number of hydrogen-bond donors (Lipinski definition) is 2. The minimum Gasteiger partial charge on any atom is -0.465 e. The van der Waals surface area contributed by atoms with Crippen LogP contribution in [0, 0.1) is 0 Å². The van der Waals surface area contributed by atoms with Crippen molar-refractivity contribution in [3.05, 3.63) is 46.7 Å². The van der Waals surface area contributed by atoms with E-state index in [0.717, 1.165) is 19.3 Å². The van der Waals surface area contributed by atoms with Gasteiger partial charge in [0, 0.05) is 12.7 Å². The largest absolute Gasteiger partial charge is 0.465 e. The van der Waals surface area contributed by atoms with Crippen molar-refractivity contribution in [2.24, 2.45) is 0 Å². The number of aromatic nitrogens is 2. The van der Waals surface area contributed by atoms with Crippen molar-refractivity contribution in [2.75, 3.05) is 19.0 Å². The highest BCUT2D eigenvalue weighted by Gasteiger charge is 2.12. The van der Waals surface area contributed by atoms with Crippen molar-refractivity contribution >= 4 is 35.1 Å². The van der Waals surface area contributed by atoms with Gasteiger partial charge >= 0.3 is 5.97 Å². The summed E-state index contributed by atoms with van der Waals surface area (Å²) >= 11 is 6.15. The summed E-state index contributed by atoms with van der Waals surface area (Å²) in [6.07, 6.45) is 4.55. The highest BCUT2D eigenvalue weighted by atomic mass is 35.5. The Morgan fingerprint density at radius 3 is 2.77 bits per heavy atom. The zero-order valence-electron chi connectivity index (χ0n) is 14.7. The van der Waals surface area contributed by atoms with Gasteiger partial charge in [-0.2, -0.15) is 0 Å². The van der Waals surface area contributed by atoms with Crippen LogP contribution in [0.25, 0.3) is 0 Å². The molecule has 2 aromatic rings. The molecule has 26 heavy (non-hydrogen) atoms. The van der Waals surface area contributed by atoms with E-state index in [1.54, 1.807) is 12.1 Å². The molecule has 0 fully saturated rings. The number of carbonyl (C=O) groups excluding carboxylic acids is 2. The van der Waals surface area contributed by atoms with Gasteiger partial charge in [0.2, 0.25) is 5.95 Å². The van der Waals surface area contributed by atoms with Crippen LogP contribution in [0.2, 0.25) is 5.02 Å². The number of hydrogen-bond acceptors (Lipinski definition) is 6. The average Bonchev–Trinajstić information content (AvgIpc) is 2.66. The summed E-state index contributed by atoms with van der Waals surface area (Å²) in [5, 5.41) is 6.13. The molecule has 8 heteroatoms. The molecular formula is C18H21ClN4O3. The molecule has 0 saturated carbocycles. The summed E-state index contributed by atoms with van der Waals surface area (Å²) < 4.78 is 4.69. The van der Waals surface area contributed by atoms with E-state index in [-0.39, 0.29) is 17.5 Å². The molecule has 1 amide bonds. The van der Waals surface area contributed by atoms with Gasteiger partial charge in [-0.25, -0.2) is 14.8 Å². The summed E-state index contributed by atoms with van der Waals surface area (Å²) in [4.78, 5) is 32.1. The maximum Gasteiger partial charge on any atom is 0.337 e. The molecule has 138 valence electrons. The normalized spacial score (nSPS) is 10.3. The Hall–Kier alpha value is -2.67. The molecule has 1 aromatic carbocycles. The Morgan fingerprint density at radius 1 is 1.23 bits per heavy atom. The molecule has 0 spiro atoms. The molecule has 1 heterocycles. The molecule has 7 nitrogen and oxygen atoms in total. The van der Waals surface area contributed by atoms with Crippen molar-refractivity contribution in [3.8, 4) is 0 Å². The average molecular weight is 377 g/mol. The van der Waals surface area contributed by atoms with Crippen LogP contribution in [-0.4, -0.2) is 35.5 Å². The van der Waals surface area contributed by atoms with Crippen molar-refractivity contribution in [1.29, 1.82) is 0 Å². The number of carbonyl (C=O) groups is 2. The van der Waals surface area contributed by atoms with Gasteiger partial charge in [0.15, 0.2) is 0 Å². The van der Waals surface area contributed by atoms with Crippen LogP contribution in [0.4, 0.5) is 11.6 Å². The molecule has 2 N–H and O–H groups in total. The highest BCUT2D eigenvalue weighted by molar-refractivity contribution is 6.33. The number of amides is 1. The van der Waals surface area contributed by atoms with Gasteiger partial charge in [0.25, 0.3) is 5.91 Å². The zero-order chi connectivity index (χ0) is 18.9. The minimum absolute atomic E-state index is 0.204. The van der Waals surface area contributed by atoms with Crippen LogP contribution < -0.4 is 10.6 Å². The monoisotopic (exact) mass is 376 g/mol. The van der Waals surface area contributed by atoms with Crippen molar-refractivity contribution in [3.63, 3.8) is 0 Å². The van der Waals surface area contributed by atoms with E-state index in [1.807, 2.05) is 0 Å². The van der Waals surface area contributed by atoms with E-state index in [9.17, 15) is 9.59 Å². The van der Waals surface area contributed by atoms with Crippen LogP contribution in [0.1, 0.15) is 47.0 Å². The molecule has 2 rings (SSSR count). The topological polar surface area (TPSA) is 93.2 Å². The maximum atomic E-state index is 12.1. The summed E-state index contributed by atoms with van der Waals surface area (Å²) in [5.74, 6) is -0.540. The first kappa shape index (κ1) is 19.7. The van der Waals surface area contributed by atoms with E-state index in [1.165, 1.54) is 25.4 Å². The molecule has 0 aliphatic carbocycles. The fourth-order valence-electron chi connectivity index (χ4n) is 2.20. The van der Waals surface area contributed by atoms with Gasteiger partial charge in [0.05, 0.1) is 23.4 Å². The standard InChI is InChI=1S/C18H21ClN4O3/c1-3-4-5-9-20-16(24)14-8-10-21-18(22-14)23-15-11-12(17(25)26-2)6-7-13(15)19/h6-8,10-11H,3-5,9H2,1-2H3,(H,20,24)(H,21,22,23). The molecule has 0 radical (unpaired) electrons. The number of nitrogens with zero attached hydrogens (tertiary/aromatic N) is 2. The third-order valence-electron chi connectivity index (χ3n) is 3.59. The zero-order valence-corrected chi connectivity index (χ0v) is 15.5. The number of esters is 1. The predicted octanol–water partition coefficient (Wildman–Crippen LogP) is 3.58. The number of unbranched alkanes of at least 4 members (excludes halogenated alkanes) is 2. The first-order chi connectivity index (χ1) is 12.5. The number of ether oxygens (including phenoxy) is 1. The Kier molecular flexibility index (Phi) is 7.35. The Morgan fingerprint density at radius 2 is 2.04 bits per heavy atom. The van der Waals surface area contributed by atoms with Crippen LogP contribution in [0.5, 0.6) is 0 Å². The quantitative estimate of drug-likeness (QED) is 0.540. The molecular weight excluding hydrogens is 356 g/mol. The molecule has 0 bridgehead atoms. The number of rotatable bonds is 8. The van der Waals surface area contributed by atoms with Crippen LogP contribution in [0.15, 0.2) is 30.5 Å². The number of anilines is 2. The van der Waals surface area contributed by atoms with Gasteiger partial charge < -0.3 is 15.4 Å². The molecule has 0 aliphatic rings. The predicted molar refractivity (Wildman–Crippen MR) is 100.0 cm³/mol. The summed E-state index contributed by atoms with van der Waals surface area (Å²) in [5.41, 5.74) is 1.03. The number of nitrogens with one attached hydrogen (secondary N) is 2. The SMILES string of the molecule is CCCCCNC(=O)c1ccnc(Nc2cc(C(=O)OC)ccc2Cl)n1. The fraction of sp³-hybridized carbons (Fsp3) is 0.333. The Bertz CT molecular complexity index is 783. The third kappa shape index (κ3) is 5.42. The summed E-state index contributed by atoms with van der Waals surface area (Å²) in [7, 11) is 1.30. The molecule has 1 aromatic heterocycles. The van der Waals surface area contributed by atoms with Crippen molar-refractivity contribution < 1.29 is 14.3 Å². The minimum atomic E-state index is -0.481. The van der Waals surface area contributed by atoms with E-state index in [4.69, 9.17) is 16.3 Å². The van der Waals surface area contributed by atoms with Crippen molar-refractivity contribution in [2.45, 2.75) is 26.2 Å². The Labute approximate surface area is 157 Å². The molecule has 0 unspecified atom stereocenters. The first-order valence-corrected chi connectivity index (χ1v) is 8.69. The second-order valence-electron chi connectivity index (χ2n) is 5.54. The lowest BCUT2D eigenvalue weighted by Crippen LogP contribution is -2.25. The first-order valence-electron chi connectivity index (χ1n) is 8.31. The number of benzene rings is 1. The van der Waals surface area contributed by atoms with Crippen LogP contribution in [-0.2, 0) is 4.74 Å². The second kappa shape index (κ2) is 9.72. The second-order valence-corrected chi connectivity index (χ2v) is 5.95. The lowest BCUT2D eigenvalue weighted by Gasteiger charge is -2.10. The molecule has 0 saturated heterocycles. The van der Waals surface area contributed by atoms with E-state index >= 15 is 0 Å². The van der Waals surface area contributed by atoms with Gasteiger partial charge in [-0.15, -0.1) is 0 Å². The van der Waals surface area contributed by atoms with E-state index in [0.29, 0.717) is 22.8 Å². The summed E-state index contributed by atoms with van der Waals surface area (Å²) in [6.45, 7) is 2.71. The number of methoxy groups -OCH3 is 1. The van der Waals surface area contributed by atoms with E-state index < -0.39 is 5.97 Å². The fourth-order valence-corrected chi connectivity index (χ4v) is 2.36. The summed E-state index contributed by atoms with van der Waals surface area (Å²) in [6, 6.07) is 6.20.